The van der Waals surface area contributed by atoms with Crippen molar-refractivity contribution < 1.29 is 27.6 Å². The fourth-order valence-electron chi connectivity index (χ4n) is 4.43. The zero-order valence-electron chi connectivity index (χ0n) is 21.5. The van der Waals surface area contributed by atoms with E-state index in [0.29, 0.717) is 29.4 Å². The predicted octanol–water partition coefficient (Wildman–Crippen LogP) is 5.19. The van der Waals surface area contributed by atoms with Crippen molar-refractivity contribution >= 4 is 35.0 Å². The first-order chi connectivity index (χ1) is 18.5. The predicted molar refractivity (Wildman–Crippen MR) is 141 cm³/mol. The van der Waals surface area contributed by atoms with Crippen molar-refractivity contribution in [1.29, 1.82) is 0 Å². The van der Waals surface area contributed by atoms with Crippen molar-refractivity contribution in [2.24, 2.45) is 11.0 Å². The molecule has 1 atom stereocenters. The second kappa shape index (κ2) is 12.2. The molecule has 1 heterocycles. The number of nitrogens with zero attached hydrogens (tertiary/aromatic N) is 3. The summed E-state index contributed by atoms with van der Waals surface area (Å²) in [6.45, 7) is 2.13. The van der Waals surface area contributed by atoms with Crippen LogP contribution < -0.4 is 5.32 Å². The van der Waals surface area contributed by atoms with Crippen LogP contribution in [0.5, 0.6) is 0 Å². The van der Waals surface area contributed by atoms with Gasteiger partial charge in [0.1, 0.15) is 12.6 Å². The van der Waals surface area contributed by atoms with Gasteiger partial charge in [-0.05, 0) is 73.9 Å². The number of rotatable bonds is 9. The van der Waals surface area contributed by atoms with Crippen LogP contribution in [-0.4, -0.2) is 53.0 Å². The largest absolute Gasteiger partial charge is 0.416 e. The second-order valence-electron chi connectivity index (χ2n) is 9.95. The molecule has 1 aliphatic carbocycles. The Morgan fingerprint density at radius 2 is 1.77 bits per heavy atom. The maximum atomic E-state index is 13.4. The summed E-state index contributed by atoms with van der Waals surface area (Å²) in [5.74, 6) is -1.30. The molecule has 11 heteroatoms. The third-order valence-corrected chi connectivity index (χ3v) is 7.04. The first-order valence-electron chi connectivity index (χ1n) is 12.9. The van der Waals surface area contributed by atoms with Gasteiger partial charge in [-0.15, -0.1) is 0 Å². The highest BCUT2D eigenvalue weighted by Gasteiger charge is 2.35. The smallest absolute Gasteiger partial charge is 0.341 e. The molecule has 2 aliphatic rings. The Morgan fingerprint density at radius 3 is 2.38 bits per heavy atom. The first-order valence-corrected chi connectivity index (χ1v) is 13.3. The molecular weight excluding hydrogens is 533 g/mol. The fourth-order valence-corrected chi connectivity index (χ4v) is 4.55. The standard InChI is InChI=1S/C28H30ClF3N4O3/c1-18(20-9-11-23(29)12-10-20)34-36(25(38)15-19-7-8-19)17-24(37)33-26(27(39)35-13-2-3-14-35)21-5-4-6-22(16-21)28(30,31)32/h4-6,9-12,16,19,26H,2-3,7-8,13-15,17H2,1H3,(H,33,37)/b34-18+. The quantitative estimate of drug-likeness (QED) is 0.337. The lowest BCUT2D eigenvalue weighted by Gasteiger charge is -2.26. The highest BCUT2D eigenvalue weighted by Crippen LogP contribution is 2.33. The number of amides is 3. The zero-order chi connectivity index (χ0) is 28.2. The molecule has 2 aromatic rings. The van der Waals surface area contributed by atoms with Gasteiger partial charge in [0.05, 0.1) is 11.3 Å². The van der Waals surface area contributed by atoms with E-state index in [9.17, 15) is 27.6 Å². The SMILES string of the molecule is C/C(=N\N(CC(=O)NC(C(=O)N1CCCC1)c1cccc(C(F)(F)F)c1)C(=O)CC1CC1)c1ccc(Cl)cc1. The van der Waals surface area contributed by atoms with Gasteiger partial charge in [0.25, 0.3) is 0 Å². The molecule has 2 aromatic carbocycles. The van der Waals surface area contributed by atoms with E-state index in [2.05, 4.69) is 10.4 Å². The van der Waals surface area contributed by atoms with Crippen molar-refractivity contribution in [1.82, 2.24) is 15.2 Å². The average molecular weight is 563 g/mol. The summed E-state index contributed by atoms with van der Waals surface area (Å²) in [5.41, 5.74) is 0.283. The van der Waals surface area contributed by atoms with Gasteiger partial charge < -0.3 is 10.2 Å². The molecule has 1 unspecified atom stereocenters. The van der Waals surface area contributed by atoms with E-state index in [-0.39, 0.29) is 23.8 Å². The van der Waals surface area contributed by atoms with Gasteiger partial charge >= 0.3 is 6.18 Å². The minimum Gasteiger partial charge on any atom is -0.341 e. The molecule has 1 aliphatic heterocycles. The number of nitrogens with one attached hydrogen (secondary N) is 1. The van der Waals surface area contributed by atoms with Gasteiger partial charge in [-0.2, -0.15) is 18.3 Å². The van der Waals surface area contributed by atoms with Crippen LogP contribution in [0.3, 0.4) is 0 Å². The Morgan fingerprint density at radius 1 is 1.10 bits per heavy atom. The van der Waals surface area contributed by atoms with Crippen molar-refractivity contribution in [2.45, 2.75) is 51.2 Å². The molecule has 1 saturated heterocycles. The average Bonchev–Trinajstić information content (AvgIpc) is 3.54. The van der Waals surface area contributed by atoms with Crippen molar-refractivity contribution in [3.05, 3.63) is 70.2 Å². The maximum absolute atomic E-state index is 13.4. The Balaban J connectivity index is 1.57. The lowest BCUT2D eigenvalue weighted by atomic mass is 10.0. The van der Waals surface area contributed by atoms with Gasteiger partial charge in [-0.3, -0.25) is 14.4 Å². The number of carbonyl (C=O) groups excluding carboxylic acids is 3. The highest BCUT2D eigenvalue weighted by molar-refractivity contribution is 6.30. The van der Waals surface area contributed by atoms with E-state index in [4.69, 9.17) is 11.6 Å². The number of benzene rings is 2. The monoisotopic (exact) mass is 562 g/mol. The third-order valence-electron chi connectivity index (χ3n) is 6.79. The molecule has 0 bridgehead atoms. The Bertz CT molecular complexity index is 1240. The minimum atomic E-state index is -4.61. The third kappa shape index (κ3) is 7.81. The van der Waals surface area contributed by atoms with Crippen LogP contribution in [0.2, 0.25) is 5.02 Å². The van der Waals surface area contributed by atoms with Crippen LogP contribution in [-0.2, 0) is 20.6 Å². The Kier molecular flexibility index (Phi) is 8.94. The Hall–Kier alpha value is -3.40. The number of hydrogen-bond donors (Lipinski definition) is 1. The summed E-state index contributed by atoms with van der Waals surface area (Å²) in [7, 11) is 0. The summed E-state index contributed by atoms with van der Waals surface area (Å²) < 4.78 is 40.2. The van der Waals surface area contributed by atoms with E-state index in [0.717, 1.165) is 42.8 Å². The lowest BCUT2D eigenvalue weighted by Crippen LogP contribution is -2.45. The van der Waals surface area contributed by atoms with Gasteiger partial charge in [0.15, 0.2) is 0 Å². The maximum Gasteiger partial charge on any atom is 0.416 e. The fraction of sp³-hybridized carbons (Fsp3) is 0.429. The summed E-state index contributed by atoms with van der Waals surface area (Å²) in [5, 5.41) is 8.59. The number of carbonyl (C=O) groups is 3. The molecule has 4 rings (SSSR count). The number of hydrogen-bond acceptors (Lipinski definition) is 4. The van der Waals surface area contributed by atoms with Crippen molar-refractivity contribution in [2.75, 3.05) is 19.6 Å². The van der Waals surface area contributed by atoms with Gasteiger partial charge in [-0.25, -0.2) is 5.01 Å². The van der Waals surface area contributed by atoms with Crippen LogP contribution >= 0.6 is 11.6 Å². The van der Waals surface area contributed by atoms with Crippen molar-refractivity contribution in [3.8, 4) is 0 Å². The normalized spacial score (nSPS) is 16.6. The van der Waals surface area contributed by atoms with Gasteiger partial charge in [0.2, 0.25) is 17.7 Å². The van der Waals surface area contributed by atoms with Gasteiger partial charge in [-0.1, -0.05) is 35.9 Å². The van der Waals surface area contributed by atoms with E-state index >= 15 is 0 Å². The molecule has 0 aromatic heterocycles. The number of likely N-dealkylation sites (tertiary alicyclic amines) is 1. The molecular formula is C28H30ClF3N4O3. The summed E-state index contributed by atoms with van der Waals surface area (Å²) >= 11 is 5.96. The van der Waals surface area contributed by atoms with E-state index in [1.165, 1.54) is 17.0 Å². The van der Waals surface area contributed by atoms with Crippen LogP contribution in [0.1, 0.15) is 61.8 Å². The molecule has 3 amide bonds. The molecule has 39 heavy (non-hydrogen) atoms. The molecule has 7 nitrogen and oxygen atoms in total. The van der Waals surface area contributed by atoms with E-state index < -0.39 is 36.1 Å². The summed E-state index contributed by atoms with van der Waals surface area (Å²) in [6.07, 6.45) is -0.981. The second-order valence-corrected chi connectivity index (χ2v) is 10.4. The van der Waals surface area contributed by atoms with Crippen LogP contribution in [0.25, 0.3) is 0 Å². The number of hydrazone groups is 1. The Labute approximate surface area is 230 Å². The number of alkyl halides is 3. The topological polar surface area (TPSA) is 82.1 Å². The van der Waals surface area contributed by atoms with Crippen LogP contribution in [0.15, 0.2) is 53.6 Å². The molecule has 208 valence electrons. The van der Waals surface area contributed by atoms with Gasteiger partial charge in [0, 0.05) is 24.5 Å². The minimum absolute atomic E-state index is 0.0202. The van der Waals surface area contributed by atoms with E-state index in [1.807, 2.05) is 0 Å². The van der Waals surface area contributed by atoms with E-state index in [1.54, 1.807) is 31.2 Å². The van der Waals surface area contributed by atoms with Crippen LogP contribution in [0.4, 0.5) is 13.2 Å². The summed E-state index contributed by atoms with van der Waals surface area (Å²) in [6, 6.07) is 9.89. The van der Waals surface area contributed by atoms with Crippen LogP contribution in [0, 0.1) is 5.92 Å². The molecule has 1 N–H and O–H groups in total. The molecule has 0 spiro atoms. The lowest BCUT2D eigenvalue weighted by molar-refractivity contribution is -0.139. The zero-order valence-corrected chi connectivity index (χ0v) is 22.3. The highest BCUT2D eigenvalue weighted by atomic mass is 35.5. The van der Waals surface area contributed by atoms with Crippen molar-refractivity contribution in [3.63, 3.8) is 0 Å². The first kappa shape index (κ1) is 28.6. The molecule has 0 radical (unpaired) electrons. The molecule has 2 fully saturated rings. The molecule has 1 saturated carbocycles. The summed E-state index contributed by atoms with van der Waals surface area (Å²) in [4.78, 5) is 41.1. The number of halogens is 4.